The van der Waals surface area contributed by atoms with E-state index < -0.39 is 5.82 Å². The fourth-order valence-corrected chi connectivity index (χ4v) is 1.53. The van der Waals surface area contributed by atoms with Gasteiger partial charge in [-0.05, 0) is 13.3 Å². The number of ether oxygens (including phenoxy) is 1. The average Bonchev–Trinajstić information content (AvgIpc) is 2.36. The summed E-state index contributed by atoms with van der Waals surface area (Å²) in [6, 6.07) is 2.76. The molecule has 0 heterocycles. The number of benzene rings is 1. The lowest BCUT2D eigenvalue weighted by atomic mass is 10.1. The zero-order valence-corrected chi connectivity index (χ0v) is 11.0. The van der Waals surface area contributed by atoms with Crippen molar-refractivity contribution >= 4 is 5.69 Å². The van der Waals surface area contributed by atoms with E-state index in [9.17, 15) is 4.39 Å². The molecule has 0 fully saturated rings. The van der Waals surface area contributed by atoms with Gasteiger partial charge in [-0.3, -0.25) is 0 Å². The first-order valence-electron chi connectivity index (χ1n) is 5.89. The van der Waals surface area contributed by atoms with Gasteiger partial charge >= 0.3 is 0 Å². The van der Waals surface area contributed by atoms with Gasteiger partial charge in [0.1, 0.15) is 11.6 Å². The molecule has 1 aromatic rings. The Labute approximate surface area is 108 Å². The molecule has 1 aromatic carbocycles. The van der Waals surface area contributed by atoms with Crippen LogP contribution in [-0.4, -0.2) is 7.11 Å². The molecular formula is C15H18FNO. The van der Waals surface area contributed by atoms with Crippen LogP contribution in [-0.2, 0) is 0 Å². The van der Waals surface area contributed by atoms with Gasteiger partial charge in [0.15, 0.2) is 0 Å². The van der Waals surface area contributed by atoms with Crippen LogP contribution in [0.3, 0.4) is 0 Å². The SMILES string of the molecule is CC=CC(C#Cc1cc(OC)c(N)cc1F)CC. The van der Waals surface area contributed by atoms with Gasteiger partial charge in [0.25, 0.3) is 0 Å². The Bertz CT molecular complexity index is 497. The third-order valence-corrected chi connectivity index (χ3v) is 2.58. The summed E-state index contributed by atoms with van der Waals surface area (Å²) < 4.78 is 18.7. The van der Waals surface area contributed by atoms with Crippen molar-refractivity contribution in [3.8, 4) is 17.6 Å². The van der Waals surface area contributed by atoms with E-state index in [1.54, 1.807) is 0 Å². The smallest absolute Gasteiger partial charge is 0.143 e. The largest absolute Gasteiger partial charge is 0.495 e. The van der Waals surface area contributed by atoms with Crippen molar-refractivity contribution in [2.45, 2.75) is 20.3 Å². The number of allylic oxidation sites excluding steroid dienone is 2. The van der Waals surface area contributed by atoms with Gasteiger partial charge in [-0.2, -0.15) is 0 Å². The molecular weight excluding hydrogens is 229 g/mol. The van der Waals surface area contributed by atoms with Crippen LogP contribution in [0.25, 0.3) is 0 Å². The molecule has 0 aliphatic carbocycles. The third kappa shape index (κ3) is 3.53. The van der Waals surface area contributed by atoms with Gasteiger partial charge in [0.2, 0.25) is 0 Å². The molecule has 2 N–H and O–H groups in total. The molecule has 0 bridgehead atoms. The molecule has 18 heavy (non-hydrogen) atoms. The van der Waals surface area contributed by atoms with E-state index in [-0.39, 0.29) is 11.6 Å². The van der Waals surface area contributed by atoms with Crippen molar-refractivity contribution in [3.05, 3.63) is 35.7 Å². The molecule has 1 rings (SSSR count). The van der Waals surface area contributed by atoms with Gasteiger partial charge in [-0.1, -0.05) is 30.9 Å². The highest BCUT2D eigenvalue weighted by molar-refractivity contribution is 5.57. The number of hydrogen-bond donors (Lipinski definition) is 1. The number of anilines is 1. The minimum atomic E-state index is -0.420. The van der Waals surface area contributed by atoms with E-state index in [0.717, 1.165) is 6.42 Å². The molecule has 2 nitrogen and oxygen atoms in total. The lowest BCUT2D eigenvalue weighted by molar-refractivity contribution is 0.416. The fraction of sp³-hybridized carbons (Fsp3) is 0.333. The van der Waals surface area contributed by atoms with Gasteiger partial charge in [-0.25, -0.2) is 4.39 Å². The molecule has 0 aromatic heterocycles. The van der Waals surface area contributed by atoms with Crippen LogP contribution in [0, 0.1) is 23.6 Å². The number of methoxy groups -OCH3 is 1. The highest BCUT2D eigenvalue weighted by atomic mass is 19.1. The van der Waals surface area contributed by atoms with Crippen LogP contribution < -0.4 is 10.5 Å². The van der Waals surface area contributed by atoms with E-state index in [1.165, 1.54) is 19.2 Å². The number of nitrogen functional groups attached to an aromatic ring is 1. The predicted octanol–water partition coefficient (Wildman–Crippen LogP) is 3.37. The molecule has 0 saturated heterocycles. The van der Waals surface area contributed by atoms with Crippen molar-refractivity contribution in [3.63, 3.8) is 0 Å². The number of nitrogens with two attached hydrogens (primary N) is 1. The summed E-state index contributed by atoms with van der Waals surface area (Å²) in [7, 11) is 1.50. The lowest BCUT2D eigenvalue weighted by Crippen LogP contribution is -1.96. The predicted molar refractivity (Wildman–Crippen MR) is 72.8 cm³/mol. The zero-order chi connectivity index (χ0) is 13.5. The van der Waals surface area contributed by atoms with E-state index in [2.05, 4.69) is 11.8 Å². The highest BCUT2D eigenvalue weighted by Gasteiger charge is 2.06. The molecule has 96 valence electrons. The van der Waals surface area contributed by atoms with Gasteiger partial charge in [-0.15, -0.1) is 0 Å². The zero-order valence-electron chi connectivity index (χ0n) is 11.0. The maximum Gasteiger partial charge on any atom is 0.143 e. The summed E-state index contributed by atoms with van der Waals surface area (Å²) in [5.41, 5.74) is 6.19. The standard InChI is InChI=1S/C15H18FNO/c1-4-6-11(5-2)7-8-12-9-15(18-3)14(17)10-13(12)16/h4,6,9-11H,5,17H2,1-3H3. The third-order valence-electron chi connectivity index (χ3n) is 2.58. The maximum atomic E-state index is 13.7. The summed E-state index contributed by atoms with van der Waals surface area (Å²) in [6.07, 6.45) is 4.84. The lowest BCUT2D eigenvalue weighted by Gasteiger charge is -2.05. The summed E-state index contributed by atoms with van der Waals surface area (Å²) in [5.74, 6) is 6.02. The van der Waals surface area contributed by atoms with E-state index in [1.807, 2.05) is 26.0 Å². The van der Waals surface area contributed by atoms with Gasteiger partial charge in [0, 0.05) is 18.1 Å². The van der Waals surface area contributed by atoms with Crippen LogP contribution in [0.1, 0.15) is 25.8 Å². The van der Waals surface area contributed by atoms with Crippen molar-refractivity contribution < 1.29 is 9.13 Å². The molecule has 1 unspecified atom stereocenters. The Morgan fingerprint density at radius 3 is 2.78 bits per heavy atom. The van der Waals surface area contributed by atoms with E-state index in [0.29, 0.717) is 11.3 Å². The quantitative estimate of drug-likeness (QED) is 0.505. The number of hydrogen-bond acceptors (Lipinski definition) is 2. The Balaban J connectivity index is 3.07. The number of halogens is 1. The van der Waals surface area contributed by atoms with Crippen molar-refractivity contribution in [2.24, 2.45) is 5.92 Å². The van der Waals surface area contributed by atoms with E-state index in [4.69, 9.17) is 10.5 Å². The van der Waals surface area contributed by atoms with Crippen molar-refractivity contribution in [2.75, 3.05) is 12.8 Å². The summed E-state index contributed by atoms with van der Waals surface area (Å²) in [5, 5.41) is 0. The molecule has 0 aliphatic heterocycles. The second kappa shape index (κ2) is 6.70. The van der Waals surface area contributed by atoms with Gasteiger partial charge in [0.05, 0.1) is 18.4 Å². The minimum Gasteiger partial charge on any atom is -0.495 e. The van der Waals surface area contributed by atoms with Crippen LogP contribution >= 0.6 is 0 Å². The molecule has 3 heteroatoms. The molecule has 0 radical (unpaired) electrons. The second-order valence-corrected chi connectivity index (χ2v) is 3.88. The highest BCUT2D eigenvalue weighted by Crippen LogP contribution is 2.24. The average molecular weight is 247 g/mol. The summed E-state index contributed by atoms with van der Waals surface area (Å²) in [6.45, 7) is 3.98. The van der Waals surface area contributed by atoms with Crippen molar-refractivity contribution in [1.29, 1.82) is 0 Å². The Morgan fingerprint density at radius 2 is 2.22 bits per heavy atom. The van der Waals surface area contributed by atoms with Crippen molar-refractivity contribution in [1.82, 2.24) is 0 Å². The number of rotatable bonds is 3. The fourth-order valence-electron chi connectivity index (χ4n) is 1.53. The molecule has 0 spiro atoms. The van der Waals surface area contributed by atoms with E-state index >= 15 is 0 Å². The topological polar surface area (TPSA) is 35.2 Å². The molecule has 0 aliphatic rings. The second-order valence-electron chi connectivity index (χ2n) is 3.88. The van der Waals surface area contributed by atoms with Gasteiger partial charge < -0.3 is 10.5 Å². The minimum absolute atomic E-state index is 0.137. The van der Waals surface area contributed by atoms with Crippen LogP contribution in [0.5, 0.6) is 5.75 Å². The summed E-state index contributed by atoms with van der Waals surface area (Å²) >= 11 is 0. The first kappa shape index (κ1) is 14.1. The monoisotopic (exact) mass is 247 g/mol. The first-order valence-corrected chi connectivity index (χ1v) is 5.89. The molecule has 0 amide bonds. The summed E-state index contributed by atoms with van der Waals surface area (Å²) in [4.78, 5) is 0. The molecule has 1 atom stereocenters. The van der Waals surface area contributed by atoms with Crippen LogP contribution in [0.2, 0.25) is 0 Å². The Kier molecular flexibility index (Phi) is 5.26. The van der Waals surface area contributed by atoms with Crippen LogP contribution in [0.4, 0.5) is 10.1 Å². The van der Waals surface area contributed by atoms with Crippen LogP contribution in [0.15, 0.2) is 24.3 Å². The Hall–Kier alpha value is -1.95. The first-order chi connectivity index (χ1) is 8.62. The maximum absolute atomic E-state index is 13.7. The Morgan fingerprint density at radius 1 is 1.50 bits per heavy atom. The molecule has 0 saturated carbocycles. The normalized spacial score (nSPS) is 12.0.